The molecule has 2 nitrogen and oxygen atoms in total. The van der Waals surface area contributed by atoms with Crippen LogP contribution in [0.5, 0.6) is 0 Å². The maximum Gasteiger partial charge on any atom is 0.176 e. The molecule has 0 fully saturated rings. The van der Waals surface area contributed by atoms with Crippen molar-refractivity contribution in [1.82, 2.24) is 4.98 Å². The molecule has 0 spiro atoms. The minimum absolute atomic E-state index is 0.0474. The Labute approximate surface area is 138 Å². The van der Waals surface area contributed by atoms with Crippen LogP contribution in [0.3, 0.4) is 0 Å². The van der Waals surface area contributed by atoms with Crippen molar-refractivity contribution in [3.8, 4) is 0 Å². The molecule has 0 aliphatic carbocycles. The van der Waals surface area contributed by atoms with E-state index in [1.165, 1.54) is 0 Å². The molecule has 2 aromatic carbocycles. The Kier molecular flexibility index (Phi) is 4.45. The van der Waals surface area contributed by atoms with Crippen molar-refractivity contribution in [3.63, 3.8) is 0 Å². The van der Waals surface area contributed by atoms with Crippen LogP contribution < -0.4 is 0 Å². The molecule has 0 amide bonds. The summed E-state index contributed by atoms with van der Waals surface area (Å²) in [4.78, 5) is 17.4. The van der Waals surface area contributed by atoms with Crippen LogP contribution in [0.25, 0.3) is 0 Å². The van der Waals surface area contributed by atoms with Crippen LogP contribution in [-0.4, -0.2) is 10.8 Å². The average Bonchev–Trinajstić information content (AvgIpc) is 2.57. The zero-order valence-corrected chi connectivity index (χ0v) is 13.4. The molecule has 22 heavy (non-hydrogen) atoms. The van der Waals surface area contributed by atoms with Gasteiger partial charge in [-0.1, -0.05) is 64.5 Å². The first kappa shape index (κ1) is 14.7. The normalized spacial score (nSPS) is 11.9. The molecular formula is C19H14BrNO. The van der Waals surface area contributed by atoms with E-state index in [0.29, 0.717) is 5.56 Å². The lowest BCUT2D eigenvalue weighted by atomic mass is 9.87. The molecule has 1 heterocycles. The molecule has 0 unspecified atom stereocenters. The predicted molar refractivity (Wildman–Crippen MR) is 91.0 cm³/mol. The van der Waals surface area contributed by atoms with Gasteiger partial charge in [-0.15, -0.1) is 0 Å². The SMILES string of the molecule is O=C(c1cccc(Br)c1)[C@@H](c1ccccc1)c1ccccn1. The van der Waals surface area contributed by atoms with Crippen molar-refractivity contribution in [2.45, 2.75) is 5.92 Å². The van der Waals surface area contributed by atoms with E-state index in [4.69, 9.17) is 0 Å². The number of aromatic nitrogens is 1. The van der Waals surface area contributed by atoms with Crippen molar-refractivity contribution in [3.05, 3.63) is 100 Å². The maximum absolute atomic E-state index is 13.0. The molecule has 0 radical (unpaired) electrons. The predicted octanol–water partition coefficient (Wildman–Crippen LogP) is 4.86. The van der Waals surface area contributed by atoms with Gasteiger partial charge < -0.3 is 0 Å². The summed E-state index contributed by atoms with van der Waals surface area (Å²) in [6.45, 7) is 0. The molecule has 108 valence electrons. The second kappa shape index (κ2) is 6.67. The van der Waals surface area contributed by atoms with E-state index in [9.17, 15) is 4.79 Å². The Bertz CT molecular complexity index is 732. The number of pyridine rings is 1. The molecule has 1 aromatic heterocycles. The van der Waals surface area contributed by atoms with E-state index in [0.717, 1.165) is 15.7 Å². The first-order valence-electron chi connectivity index (χ1n) is 7.01. The fourth-order valence-electron chi connectivity index (χ4n) is 2.46. The fraction of sp³-hybridized carbons (Fsp3) is 0.0526. The fourth-order valence-corrected chi connectivity index (χ4v) is 2.86. The summed E-state index contributed by atoms with van der Waals surface area (Å²) >= 11 is 3.42. The summed E-state index contributed by atoms with van der Waals surface area (Å²) < 4.78 is 0.895. The molecule has 0 saturated carbocycles. The summed E-state index contributed by atoms with van der Waals surface area (Å²) in [7, 11) is 0. The van der Waals surface area contributed by atoms with E-state index < -0.39 is 5.92 Å². The molecule has 0 aliphatic heterocycles. The van der Waals surface area contributed by atoms with Crippen molar-refractivity contribution in [2.75, 3.05) is 0 Å². The van der Waals surface area contributed by atoms with Gasteiger partial charge >= 0.3 is 0 Å². The number of halogens is 1. The highest BCUT2D eigenvalue weighted by molar-refractivity contribution is 9.10. The van der Waals surface area contributed by atoms with Gasteiger partial charge in [0, 0.05) is 16.2 Å². The van der Waals surface area contributed by atoms with Gasteiger partial charge in [0.2, 0.25) is 0 Å². The summed E-state index contributed by atoms with van der Waals surface area (Å²) in [5, 5.41) is 0. The zero-order chi connectivity index (χ0) is 15.4. The molecule has 1 atom stereocenters. The lowest BCUT2D eigenvalue weighted by Gasteiger charge is -2.16. The second-order valence-corrected chi connectivity index (χ2v) is 5.89. The Morgan fingerprint density at radius 3 is 2.36 bits per heavy atom. The number of hydrogen-bond acceptors (Lipinski definition) is 2. The standard InChI is InChI=1S/C19H14BrNO/c20-16-10-6-9-15(13-16)19(22)18(14-7-2-1-3-8-14)17-11-4-5-12-21-17/h1-13,18H/t18-/m0/s1. The highest BCUT2D eigenvalue weighted by atomic mass is 79.9. The van der Waals surface area contributed by atoms with Crippen molar-refractivity contribution in [1.29, 1.82) is 0 Å². The number of carbonyl (C=O) groups is 1. The molecule has 0 saturated heterocycles. The monoisotopic (exact) mass is 351 g/mol. The second-order valence-electron chi connectivity index (χ2n) is 4.97. The first-order valence-corrected chi connectivity index (χ1v) is 7.80. The van der Waals surface area contributed by atoms with Crippen molar-refractivity contribution >= 4 is 21.7 Å². The third-order valence-electron chi connectivity index (χ3n) is 3.49. The molecule has 3 rings (SSSR count). The number of Topliss-reactive ketones (excluding diaryl/α,β-unsaturated/α-hetero) is 1. The van der Waals surface area contributed by atoms with Crippen LogP contribution >= 0.6 is 15.9 Å². The van der Waals surface area contributed by atoms with Gasteiger partial charge in [0.05, 0.1) is 11.6 Å². The van der Waals surface area contributed by atoms with Gasteiger partial charge in [0.15, 0.2) is 5.78 Å². The quantitative estimate of drug-likeness (QED) is 0.628. The van der Waals surface area contributed by atoms with Gasteiger partial charge in [0.1, 0.15) is 0 Å². The Morgan fingerprint density at radius 2 is 1.68 bits per heavy atom. The van der Waals surface area contributed by atoms with E-state index in [1.807, 2.05) is 72.8 Å². The summed E-state index contributed by atoms with van der Waals surface area (Å²) in [5.74, 6) is -0.345. The number of ketones is 1. The Morgan fingerprint density at radius 1 is 0.909 bits per heavy atom. The lowest BCUT2D eigenvalue weighted by Crippen LogP contribution is -2.15. The third kappa shape index (κ3) is 3.15. The van der Waals surface area contributed by atoms with Crippen LogP contribution in [0, 0.1) is 0 Å². The molecule has 0 aliphatic rings. The van der Waals surface area contributed by atoms with E-state index in [2.05, 4.69) is 20.9 Å². The van der Waals surface area contributed by atoms with Gasteiger partial charge in [-0.25, -0.2) is 0 Å². The molecular weight excluding hydrogens is 338 g/mol. The van der Waals surface area contributed by atoms with Gasteiger partial charge in [-0.3, -0.25) is 9.78 Å². The van der Waals surface area contributed by atoms with Gasteiger partial charge in [-0.2, -0.15) is 0 Å². The van der Waals surface area contributed by atoms with Crippen molar-refractivity contribution in [2.24, 2.45) is 0 Å². The van der Waals surface area contributed by atoms with E-state index >= 15 is 0 Å². The molecule has 0 N–H and O–H groups in total. The van der Waals surface area contributed by atoms with Crippen LogP contribution in [0.4, 0.5) is 0 Å². The topological polar surface area (TPSA) is 30.0 Å². The maximum atomic E-state index is 13.0. The molecule has 0 bridgehead atoms. The summed E-state index contributed by atoms with van der Waals surface area (Å²) in [5.41, 5.74) is 2.39. The largest absolute Gasteiger partial charge is 0.293 e. The minimum atomic E-state index is -0.392. The lowest BCUT2D eigenvalue weighted by molar-refractivity contribution is 0.0972. The number of carbonyl (C=O) groups excluding carboxylic acids is 1. The van der Waals surface area contributed by atoms with Crippen LogP contribution in [0.15, 0.2) is 83.5 Å². The first-order chi connectivity index (χ1) is 10.8. The smallest absolute Gasteiger partial charge is 0.176 e. The summed E-state index contributed by atoms with van der Waals surface area (Å²) in [6.07, 6.45) is 1.72. The van der Waals surface area contributed by atoms with Crippen LogP contribution in [0.2, 0.25) is 0 Å². The van der Waals surface area contributed by atoms with Crippen LogP contribution in [-0.2, 0) is 0 Å². The summed E-state index contributed by atoms with van der Waals surface area (Å²) in [6, 6.07) is 22.9. The van der Waals surface area contributed by atoms with Gasteiger partial charge in [-0.05, 0) is 29.8 Å². The third-order valence-corrected chi connectivity index (χ3v) is 3.98. The number of rotatable bonds is 4. The highest BCUT2D eigenvalue weighted by Gasteiger charge is 2.25. The number of nitrogens with zero attached hydrogens (tertiary/aromatic N) is 1. The Balaban J connectivity index is 2.08. The van der Waals surface area contributed by atoms with E-state index in [1.54, 1.807) is 6.20 Å². The molecule has 3 aromatic rings. The van der Waals surface area contributed by atoms with Crippen LogP contribution in [0.1, 0.15) is 27.5 Å². The minimum Gasteiger partial charge on any atom is -0.293 e. The average molecular weight is 352 g/mol. The Hall–Kier alpha value is -2.26. The number of benzene rings is 2. The highest BCUT2D eigenvalue weighted by Crippen LogP contribution is 2.28. The number of hydrogen-bond donors (Lipinski definition) is 0. The van der Waals surface area contributed by atoms with Crippen molar-refractivity contribution < 1.29 is 4.79 Å². The molecule has 3 heteroatoms. The van der Waals surface area contributed by atoms with Gasteiger partial charge in [0.25, 0.3) is 0 Å². The van der Waals surface area contributed by atoms with E-state index in [-0.39, 0.29) is 5.78 Å². The zero-order valence-electron chi connectivity index (χ0n) is 11.8.